The van der Waals surface area contributed by atoms with Gasteiger partial charge in [0.2, 0.25) is 5.89 Å². The van der Waals surface area contributed by atoms with Gasteiger partial charge in [-0.25, -0.2) is 4.98 Å². The molecular weight excluding hydrogens is 333 g/mol. The Morgan fingerprint density at radius 1 is 1.39 bits per heavy atom. The highest BCUT2D eigenvalue weighted by atomic mass is 35.5. The fraction of sp³-hybridized carbons (Fsp3) is 0.500. The summed E-state index contributed by atoms with van der Waals surface area (Å²) in [5.41, 5.74) is -0.854. The first-order valence-electron chi connectivity index (χ1n) is 7.12. The summed E-state index contributed by atoms with van der Waals surface area (Å²) in [5, 5.41) is 3.76. The van der Waals surface area contributed by atoms with Gasteiger partial charge in [0.15, 0.2) is 5.82 Å². The van der Waals surface area contributed by atoms with Crippen LogP contribution in [0.3, 0.4) is 0 Å². The highest BCUT2D eigenvalue weighted by Crippen LogP contribution is 2.35. The van der Waals surface area contributed by atoms with Crippen LogP contribution in [0.25, 0.3) is 0 Å². The average Bonchev–Trinajstić information content (AvgIpc) is 2.93. The fourth-order valence-corrected chi connectivity index (χ4v) is 2.95. The lowest BCUT2D eigenvalue weighted by molar-refractivity contribution is -0.137. The Bertz CT molecular complexity index is 704. The summed E-state index contributed by atoms with van der Waals surface area (Å²) in [5.74, 6) is 1.46. The fourth-order valence-electron chi connectivity index (χ4n) is 2.67. The van der Waals surface area contributed by atoms with Crippen LogP contribution in [-0.2, 0) is 6.18 Å². The lowest BCUT2D eigenvalue weighted by atomic mass is 9.98. The molecule has 3 heterocycles. The van der Waals surface area contributed by atoms with Crippen molar-refractivity contribution in [2.75, 3.05) is 18.0 Å². The third-order valence-electron chi connectivity index (χ3n) is 3.76. The summed E-state index contributed by atoms with van der Waals surface area (Å²) in [4.78, 5) is 9.99. The molecular formula is C14H14ClF3N4O. The number of halogens is 4. The summed E-state index contributed by atoms with van der Waals surface area (Å²) in [6.45, 7) is 2.93. The topological polar surface area (TPSA) is 55.1 Å². The smallest absolute Gasteiger partial charge is 0.355 e. The molecule has 1 aliphatic heterocycles. The van der Waals surface area contributed by atoms with Crippen LogP contribution in [0.15, 0.2) is 16.8 Å². The molecule has 2 aromatic rings. The lowest BCUT2D eigenvalue weighted by Crippen LogP contribution is -2.35. The van der Waals surface area contributed by atoms with Gasteiger partial charge in [-0.3, -0.25) is 0 Å². The maximum absolute atomic E-state index is 12.7. The predicted molar refractivity (Wildman–Crippen MR) is 77.5 cm³/mol. The minimum absolute atomic E-state index is 0.0119. The van der Waals surface area contributed by atoms with Crippen molar-refractivity contribution in [3.8, 4) is 0 Å². The monoisotopic (exact) mass is 346 g/mol. The molecule has 0 aliphatic carbocycles. The van der Waals surface area contributed by atoms with Gasteiger partial charge >= 0.3 is 6.18 Å². The van der Waals surface area contributed by atoms with Gasteiger partial charge in [0, 0.05) is 19.3 Å². The highest BCUT2D eigenvalue weighted by molar-refractivity contribution is 6.33. The van der Waals surface area contributed by atoms with E-state index in [1.165, 1.54) is 0 Å². The van der Waals surface area contributed by atoms with E-state index in [-0.39, 0.29) is 10.9 Å². The molecule has 1 fully saturated rings. The minimum atomic E-state index is -4.46. The predicted octanol–water partition coefficient (Wildman–Crippen LogP) is 3.83. The van der Waals surface area contributed by atoms with E-state index in [0.717, 1.165) is 25.1 Å². The van der Waals surface area contributed by atoms with E-state index >= 15 is 0 Å². The van der Waals surface area contributed by atoms with E-state index in [9.17, 15) is 13.2 Å². The number of aromatic nitrogens is 3. The molecule has 124 valence electrons. The maximum Gasteiger partial charge on any atom is 0.417 e. The average molecular weight is 347 g/mol. The molecule has 23 heavy (non-hydrogen) atoms. The molecule has 0 saturated carbocycles. The van der Waals surface area contributed by atoms with Crippen molar-refractivity contribution in [2.24, 2.45) is 0 Å². The quantitative estimate of drug-likeness (QED) is 0.827. The van der Waals surface area contributed by atoms with E-state index in [1.807, 2.05) is 4.90 Å². The molecule has 3 rings (SSSR count). The van der Waals surface area contributed by atoms with Gasteiger partial charge in [-0.05, 0) is 25.8 Å². The Morgan fingerprint density at radius 2 is 2.17 bits per heavy atom. The van der Waals surface area contributed by atoms with Crippen molar-refractivity contribution in [3.05, 3.63) is 34.6 Å². The van der Waals surface area contributed by atoms with Crippen molar-refractivity contribution in [1.29, 1.82) is 0 Å². The van der Waals surface area contributed by atoms with Gasteiger partial charge < -0.3 is 9.42 Å². The maximum atomic E-state index is 12.7. The number of alkyl halides is 3. The van der Waals surface area contributed by atoms with Gasteiger partial charge in [-0.2, -0.15) is 18.2 Å². The van der Waals surface area contributed by atoms with Crippen LogP contribution in [0.5, 0.6) is 0 Å². The van der Waals surface area contributed by atoms with Crippen molar-refractivity contribution in [1.82, 2.24) is 15.1 Å². The van der Waals surface area contributed by atoms with Gasteiger partial charge in [-0.15, -0.1) is 0 Å². The zero-order valence-electron chi connectivity index (χ0n) is 12.3. The third-order valence-corrected chi connectivity index (χ3v) is 4.04. The van der Waals surface area contributed by atoms with Crippen molar-refractivity contribution in [3.63, 3.8) is 0 Å². The summed E-state index contributed by atoms with van der Waals surface area (Å²) in [6, 6.07) is 0.907. The molecule has 0 aromatic carbocycles. The molecule has 0 spiro atoms. The summed E-state index contributed by atoms with van der Waals surface area (Å²) >= 11 is 6.01. The Labute approximate surface area is 135 Å². The van der Waals surface area contributed by atoms with Gasteiger partial charge in [0.25, 0.3) is 0 Å². The molecule has 1 atom stereocenters. The SMILES string of the molecule is Cc1noc(C2CCCN(c3ncc(C(F)(F)F)cc3Cl)C2)n1. The van der Waals surface area contributed by atoms with Crippen LogP contribution in [-0.4, -0.2) is 28.2 Å². The first kappa shape index (κ1) is 16.0. The van der Waals surface area contributed by atoms with Crippen LogP contribution in [0, 0.1) is 6.92 Å². The van der Waals surface area contributed by atoms with Crippen LogP contribution in [0.4, 0.5) is 19.0 Å². The van der Waals surface area contributed by atoms with Crippen molar-refractivity contribution >= 4 is 17.4 Å². The number of rotatable bonds is 2. The van der Waals surface area contributed by atoms with E-state index in [1.54, 1.807) is 6.92 Å². The number of aryl methyl sites for hydroxylation is 1. The van der Waals surface area contributed by atoms with Crippen molar-refractivity contribution < 1.29 is 17.7 Å². The second-order valence-electron chi connectivity index (χ2n) is 5.49. The Morgan fingerprint density at radius 3 is 2.78 bits per heavy atom. The number of pyridine rings is 1. The molecule has 0 radical (unpaired) electrons. The molecule has 9 heteroatoms. The first-order chi connectivity index (χ1) is 10.8. The van der Waals surface area contributed by atoms with Crippen LogP contribution in [0.1, 0.15) is 36.0 Å². The lowest BCUT2D eigenvalue weighted by Gasteiger charge is -2.32. The molecule has 1 unspecified atom stereocenters. The summed E-state index contributed by atoms with van der Waals surface area (Å²) in [7, 11) is 0. The molecule has 0 N–H and O–H groups in total. The van der Waals surface area contributed by atoms with Gasteiger partial charge in [0.05, 0.1) is 16.5 Å². The number of hydrogen-bond donors (Lipinski definition) is 0. The van der Waals surface area contributed by atoms with E-state index in [4.69, 9.17) is 16.1 Å². The van der Waals surface area contributed by atoms with Crippen LogP contribution < -0.4 is 4.90 Å². The van der Waals surface area contributed by atoms with E-state index < -0.39 is 11.7 Å². The van der Waals surface area contributed by atoms with E-state index in [0.29, 0.717) is 30.6 Å². The first-order valence-corrected chi connectivity index (χ1v) is 7.50. The molecule has 5 nitrogen and oxygen atoms in total. The third kappa shape index (κ3) is 3.41. The molecule has 1 saturated heterocycles. The van der Waals surface area contributed by atoms with Crippen molar-refractivity contribution in [2.45, 2.75) is 31.9 Å². The Kier molecular flexibility index (Phi) is 4.18. The molecule has 2 aromatic heterocycles. The van der Waals surface area contributed by atoms with E-state index in [2.05, 4.69) is 15.1 Å². The number of piperidine rings is 1. The second kappa shape index (κ2) is 5.99. The molecule has 0 bridgehead atoms. The number of hydrogen-bond acceptors (Lipinski definition) is 5. The zero-order chi connectivity index (χ0) is 16.6. The largest absolute Gasteiger partial charge is 0.417 e. The molecule has 1 aliphatic rings. The van der Waals surface area contributed by atoms with Gasteiger partial charge in [0.1, 0.15) is 5.82 Å². The number of anilines is 1. The second-order valence-corrected chi connectivity index (χ2v) is 5.90. The Balaban J connectivity index is 1.81. The van der Waals surface area contributed by atoms with Gasteiger partial charge in [-0.1, -0.05) is 16.8 Å². The molecule has 0 amide bonds. The Hall–Kier alpha value is -1.83. The summed E-state index contributed by atoms with van der Waals surface area (Å²) < 4.78 is 43.3. The minimum Gasteiger partial charge on any atom is -0.355 e. The standard InChI is InChI=1S/C14H14ClF3N4O/c1-8-20-13(23-21-8)9-3-2-4-22(7-9)12-11(15)5-10(6-19-12)14(16,17)18/h5-6,9H,2-4,7H2,1H3. The van der Waals surface area contributed by atoms with Crippen LogP contribution in [0.2, 0.25) is 5.02 Å². The number of nitrogens with zero attached hydrogens (tertiary/aromatic N) is 4. The summed E-state index contributed by atoms with van der Waals surface area (Å²) in [6.07, 6.45) is -1.94. The highest BCUT2D eigenvalue weighted by Gasteiger charge is 2.33. The van der Waals surface area contributed by atoms with Crippen LogP contribution >= 0.6 is 11.6 Å². The normalized spacial score (nSPS) is 19.2. The zero-order valence-corrected chi connectivity index (χ0v) is 13.0.